The van der Waals surface area contributed by atoms with Gasteiger partial charge in [-0.1, -0.05) is 62.4 Å². The van der Waals surface area contributed by atoms with Crippen molar-refractivity contribution in [2.24, 2.45) is 11.7 Å². The first-order valence-corrected chi connectivity index (χ1v) is 11.9. The third kappa shape index (κ3) is 7.42. The molecule has 8 nitrogen and oxygen atoms in total. The van der Waals surface area contributed by atoms with Gasteiger partial charge < -0.3 is 21.1 Å². The molecular formula is C27H34N4O4. The van der Waals surface area contributed by atoms with Gasteiger partial charge >= 0.3 is 5.97 Å². The first-order valence-electron chi connectivity index (χ1n) is 11.9. The highest BCUT2D eigenvalue weighted by Gasteiger charge is 2.29. The highest BCUT2D eigenvalue weighted by molar-refractivity contribution is 5.90. The number of H-pyrrole nitrogens is 1. The molecule has 8 heteroatoms. The summed E-state index contributed by atoms with van der Waals surface area (Å²) in [7, 11) is 0. The quantitative estimate of drug-likeness (QED) is 0.257. The van der Waals surface area contributed by atoms with Crippen LogP contribution in [0.5, 0.6) is 0 Å². The molecule has 0 fully saturated rings. The number of aromatic amines is 1. The minimum absolute atomic E-state index is 0.127. The lowest BCUT2D eigenvalue weighted by Crippen LogP contribution is -2.56. The van der Waals surface area contributed by atoms with Crippen molar-refractivity contribution in [2.45, 2.75) is 57.7 Å². The molecular weight excluding hydrogens is 444 g/mol. The summed E-state index contributed by atoms with van der Waals surface area (Å²) in [6, 6.07) is 14.7. The van der Waals surface area contributed by atoms with Crippen molar-refractivity contribution in [1.29, 1.82) is 0 Å². The van der Waals surface area contributed by atoms with Crippen molar-refractivity contribution < 1.29 is 19.5 Å². The molecule has 0 radical (unpaired) electrons. The molecule has 1 unspecified atom stereocenters. The largest absolute Gasteiger partial charge is 0.480 e. The fraction of sp³-hybridized carbons (Fsp3) is 0.370. The van der Waals surface area contributed by atoms with Gasteiger partial charge in [-0.25, -0.2) is 0 Å². The third-order valence-corrected chi connectivity index (χ3v) is 6.05. The summed E-state index contributed by atoms with van der Waals surface area (Å²) >= 11 is 0. The van der Waals surface area contributed by atoms with Gasteiger partial charge in [0, 0.05) is 23.5 Å². The average molecular weight is 479 g/mol. The molecule has 6 N–H and O–H groups in total. The number of benzene rings is 2. The number of para-hydroxylation sites is 1. The first kappa shape index (κ1) is 26.0. The van der Waals surface area contributed by atoms with E-state index in [1.54, 1.807) is 6.20 Å². The van der Waals surface area contributed by atoms with Crippen LogP contribution in [0.3, 0.4) is 0 Å². The molecule has 0 saturated carbocycles. The maximum absolute atomic E-state index is 13.2. The number of nitrogens with two attached hydrogens (primary N) is 1. The van der Waals surface area contributed by atoms with E-state index in [0.29, 0.717) is 19.3 Å². The lowest BCUT2D eigenvalue weighted by Gasteiger charge is -2.26. The van der Waals surface area contributed by atoms with E-state index >= 15 is 0 Å². The SMILES string of the molecule is CC(C)C[C@H](NC(CCc1ccccc1)C(=O)O)C(=O)N[C@@H](Cc1c[nH]c2ccccc12)C(N)=O. The summed E-state index contributed by atoms with van der Waals surface area (Å²) in [6.07, 6.45) is 3.34. The Bertz CT molecular complexity index is 1140. The second kappa shape index (κ2) is 12.2. The molecule has 35 heavy (non-hydrogen) atoms. The molecule has 3 atom stereocenters. The number of carbonyl (C=O) groups excluding carboxylic acids is 2. The average Bonchev–Trinajstić information content (AvgIpc) is 3.23. The monoisotopic (exact) mass is 478 g/mol. The van der Waals surface area contributed by atoms with Crippen molar-refractivity contribution in [2.75, 3.05) is 0 Å². The van der Waals surface area contributed by atoms with Crippen molar-refractivity contribution in [1.82, 2.24) is 15.6 Å². The number of aliphatic carboxylic acids is 1. The van der Waals surface area contributed by atoms with Gasteiger partial charge in [0.15, 0.2) is 0 Å². The fourth-order valence-corrected chi connectivity index (χ4v) is 4.21. The number of nitrogens with one attached hydrogen (secondary N) is 3. The molecule has 1 heterocycles. The minimum atomic E-state index is -1.02. The number of aryl methyl sites for hydroxylation is 1. The van der Waals surface area contributed by atoms with Gasteiger partial charge in [0.05, 0.1) is 6.04 Å². The Hall–Kier alpha value is -3.65. The number of carboxylic acid groups (broad SMARTS) is 1. The predicted octanol–water partition coefficient (Wildman–Crippen LogP) is 2.77. The van der Waals surface area contributed by atoms with E-state index in [4.69, 9.17) is 5.73 Å². The standard InChI is InChI=1S/C27H34N4O4/c1-17(2)14-24(30-22(27(34)35)13-12-18-8-4-3-5-9-18)26(33)31-23(25(28)32)15-19-16-29-21-11-7-6-10-20(19)21/h3-11,16-17,22-24,29-30H,12-15H2,1-2H3,(H2,28,32)(H,31,33)(H,34,35)/t22?,23-,24-/m0/s1. The lowest BCUT2D eigenvalue weighted by molar-refractivity contribution is -0.140. The van der Waals surface area contributed by atoms with Crippen LogP contribution in [0.1, 0.15) is 37.8 Å². The molecule has 2 amide bonds. The maximum atomic E-state index is 13.2. The Labute approximate surface area is 205 Å². The number of hydrogen-bond donors (Lipinski definition) is 5. The molecule has 0 aliphatic heterocycles. The van der Waals surface area contributed by atoms with Crippen molar-refractivity contribution in [3.05, 3.63) is 71.9 Å². The molecule has 0 spiro atoms. The molecule has 3 aromatic rings. The Morgan fingerprint density at radius 3 is 2.31 bits per heavy atom. The fourth-order valence-electron chi connectivity index (χ4n) is 4.21. The van der Waals surface area contributed by atoms with E-state index in [9.17, 15) is 19.5 Å². The second-order valence-electron chi connectivity index (χ2n) is 9.29. The predicted molar refractivity (Wildman–Crippen MR) is 136 cm³/mol. The topological polar surface area (TPSA) is 137 Å². The van der Waals surface area contributed by atoms with E-state index in [1.165, 1.54) is 0 Å². The summed E-state index contributed by atoms with van der Waals surface area (Å²) in [5.41, 5.74) is 8.45. The summed E-state index contributed by atoms with van der Waals surface area (Å²) in [6.45, 7) is 3.92. The van der Waals surface area contributed by atoms with Crippen molar-refractivity contribution in [3.63, 3.8) is 0 Å². The number of hydrogen-bond acceptors (Lipinski definition) is 4. The van der Waals surface area contributed by atoms with Gasteiger partial charge in [0.2, 0.25) is 11.8 Å². The Balaban J connectivity index is 1.71. The van der Waals surface area contributed by atoms with E-state index in [-0.39, 0.29) is 12.3 Å². The van der Waals surface area contributed by atoms with Crippen LogP contribution in [0.4, 0.5) is 0 Å². The molecule has 0 saturated heterocycles. The zero-order valence-electron chi connectivity index (χ0n) is 20.2. The van der Waals surface area contributed by atoms with E-state index < -0.39 is 35.9 Å². The molecule has 186 valence electrons. The Morgan fingerprint density at radius 1 is 0.971 bits per heavy atom. The minimum Gasteiger partial charge on any atom is -0.480 e. The van der Waals surface area contributed by atoms with Crippen LogP contribution in [0, 0.1) is 5.92 Å². The number of amides is 2. The zero-order valence-corrected chi connectivity index (χ0v) is 20.2. The van der Waals surface area contributed by atoms with E-state index in [2.05, 4.69) is 15.6 Å². The number of primary amides is 1. The van der Waals surface area contributed by atoms with Crippen LogP contribution >= 0.6 is 0 Å². The molecule has 0 aliphatic carbocycles. The Kier molecular flexibility index (Phi) is 9.03. The lowest BCUT2D eigenvalue weighted by atomic mass is 9.99. The normalized spacial score (nSPS) is 13.9. The number of carbonyl (C=O) groups is 3. The molecule has 2 aromatic carbocycles. The highest BCUT2D eigenvalue weighted by Crippen LogP contribution is 2.19. The van der Waals surface area contributed by atoms with Gasteiger partial charge in [0.25, 0.3) is 0 Å². The summed E-state index contributed by atoms with van der Waals surface area (Å²) in [4.78, 5) is 40.6. The highest BCUT2D eigenvalue weighted by atomic mass is 16.4. The third-order valence-electron chi connectivity index (χ3n) is 6.05. The van der Waals surface area contributed by atoms with Crippen LogP contribution in [0.25, 0.3) is 10.9 Å². The Morgan fingerprint density at radius 2 is 1.66 bits per heavy atom. The molecule has 0 bridgehead atoms. The van der Waals surface area contributed by atoms with E-state index in [0.717, 1.165) is 22.0 Å². The molecule has 0 aliphatic rings. The van der Waals surface area contributed by atoms with Gasteiger partial charge in [-0.05, 0) is 42.4 Å². The van der Waals surface area contributed by atoms with Crippen molar-refractivity contribution >= 4 is 28.7 Å². The first-order chi connectivity index (χ1) is 16.7. The number of aromatic nitrogens is 1. The van der Waals surface area contributed by atoms with Gasteiger partial charge in [-0.3, -0.25) is 19.7 Å². The van der Waals surface area contributed by atoms with Crippen LogP contribution in [-0.2, 0) is 27.2 Å². The second-order valence-corrected chi connectivity index (χ2v) is 9.29. The van der Waals surface area contributed by atoms with Crippen LogP contribution in [-0.4, -0.2) is 46.0 Å². The number of fused-ring (bicyclic) bond motifs is 1. The molecule has 1 aromatic heterocycles. The van der Waals surface area contributed by atoms with Crippen LogP contribution in [0.2, 0.25) is 0 Å². The van der Waals surface area contributed by atoms with Gasteiger partial charge in [-0.15, -0.1) is 0 Å². The summed E-state index contributed by atoms with van der Waals surface area (Å²) in [5.74, 6) is -1.98. The van der Waals surface area contributed by atoms with Gasteiger partial charge in [0.1, 0.15) is 12.1 Å². The number of rotatable bonds is 13. The summed E-state index contributed by atoms with van der Waals surface area (Å²) in [5, 5.41) is 16.5. The maximum Gasteiger partial charge on any atom is 0.320 e. The van der Waals surface area contributed by atoms with Crippen molar-refractivity contribution in [3.8, 4) is 0 Å². The smallest absolute Gasteiger partial charge is 0.320 e. The van der Waals surface area contributed by atoms with Crippen LogP contribution in [0.15, 0.2) is 60.8 Å². The number of carboxylic acids is 1. The van der Waals surface area contributed by atoms with E-state index in [1.807, 2.05) is 68.4 Å². The van der Waals surface area contributed by atoms with Gasteiger partial charge in [-0.2, -0.15) is 0 Å². The summed E-state index contributed by atoms with van der Waals surface area (Å²) < 4.78 is 0. The molecule has 3 rings (SSSR count). The van der Waals surface area contributed by atoms with Crippen LogP contribution < -0.4 is 16.4 Å². The zero-order chi connectivity index (χ0) is 25.4.